The first-order chi connectivity index (χ1) is 15.9. The summed E-state index contributed by atoms with van der Waals surface area (Å²) in [5.41, 5.74) is 6.71. The minimum atomic E-state index is 0.220. The maximum atomic E-state index is 2.44. The second-order valence-electron chi connectivity index (χ2n) is 8.06. The third-order valence-electron chi connectivity index (χ3n) is 5.77. The normalized spacial score (nSPS) is 12.7. The van der Waals surface area contributed by atoms with Gasteiger partial charge in [0.25, 0.3) is 0 Å². The van der Waals surface area contributed by atoms with Gasteiger partial charge in [-0.05, 0) is 47.1 Å². The summed E-state index contributed by atoms with van der Waals surface area (Å²) in [6.07, 6.45) is 10.1. The summed E-state index contributed by atoms with van der Waals surface area (Å²) < 4.78 is 0. The number of allylic oxidation sites excluding steroid dienone is 4. The second kappa shape index (κ2) is 11.7. The Hall–Kier alpha value is -3.64. The lowest BCUT2D eigenvalue weighted by Gasteiger charge is -2.19. The van der Waals surface area contributed by atoms with E-state index in [1.54, 1.807) is 0 Å². The van der Waals surface area contributed by atoms with Crippen molar-refractivity contribution in [1.82, 2.24) is 0 Å². The lowest BCUT2D eigenvalue weighted by molar-refractivity contribution is 0.986. The highest BCUT2D eigenvalue weighted by atomic mass is 14.2. The van der Waals surface area contributed by atoms with E-state index in [2.05, 4.69) is 140 Å². The van der Waals surface area contributed by atoms with Crippen LogP contribution in [-0.4, -0.2) is 0 Å². The molecule has 0 nitrogen and oxygen atoms in total. The van der Waals surface area contributed by atoms with Crippen LogP contribution in [-0.2, 0) is 12.8 Å². The molecule has 32 heavy (non-hydrogen) atoms. The summed E-state index contributed by atoms with van der Waals surface area (Å²) >= 11 is 0. The van der Waals surface area contributed by atoms with Crippen LogP contribution in [0.5, 0.6) is 0 Å². The Kier molecular flexibility index (Phi) is 7.87. The van der Waals surface area contributed by atoms with Crippen LogP contribution in [0, 0.1) is 0 Å². The van der Waals surface area contributed by atoms with Crippen LogP contribution in [0.4, 0.5) is 0 Å². The number of benzene rings is 4. The summed E-state index contributed by atoms with van der Waals surface area (Å²) in [5, 5.41) is 0. The SMILES string of the molecule is C(=CC(C(=CCCc1ccccc1)c1ccccc1)c1ccccc1)Cc1ccccc1. The first kappa shape index (κ1) is 21.6. The van der Waals surface area contributed by atoms with Crippen LogP contribution in [0.2, 0.25) is 0 Å². The molecule has 0 heteroatoms. The van der Waals surface area contributed by atoms with E-state index in [-0.39, 0.29) is 5.92 Å². The van der Waals surface area contributed by atoms with Gasteiger partial charge in [0.1, 0.15) is 0 Å². The molecule has 4 aromatic carbocycles. The predicted octanol–water partition coefficient (Wildman–Crippen LogP) is 8.29. The summed E-state index contributed by atoms with van der Waals surface area (Å²) in [6.45, 7) is 0. The Morgan fingerprint density at radius 2 is 1.12 bits per heavy atom. The molecule has 0 saturated heterocycles. The largest absolute Gasteiger partial charge is 0.0832 e. The molecule has 0 saturated carbocycles. The van der Waals surface area contributed by atoms with E-state index in [0.717, 1.165) is 19.3 Å². The van der Waals surface area contributed by atoms with Gasteiger partial charge in [0.15, 0.2) is 0 Å². The second-order valence-corrected chi connectivity index (χ2v) is 8.06. The van der Waals surface area contributed by atoms with E-state index >= 15 is 0 Å². The molecule has 1 atom stereocenters. The Bertz CT molecular complexity index is 1110. The van der Waals surface area contributed by atoms with Crippen molar-refractivity contribution in [3.05, 3.63) is 162 Å². The molecule has 0 fully saturated rings. The summed E-state index contributed by atoms with van der Waals surface area (Å²) in [4.78, 5) is 0. The number of rotatable bonds is 9. The van der Waals surface area contributed by atoms with Gasteiger partial charge in [-0.25, -0.2) is 0 Å². The van der Waals surface area contributed by atoms with Crippen molar-refractivity contribution in [3.8, 4) is 0 Å². The van der Waals surface area contributed by atoms with E-state index in [4.69, 9.17) is 0 Å². The lowest BCUT2D eigenvalue weighted by Crippen LogP contribution is -2.01. The van der Waals surface area contributed by atoms with Gasteiger partial charge in [-0.15, -0.1) is 0 Å². The average Bonchev–Trinajstić information content (AvgIpc) is 2.87. The highest BCUT2D eigenvalue weighted by Gasteiger charge is 2.15. The van der Waals surface area contributed by atoms with Gasteiger partial charge in [0.05, 0.1) is 0 Å². The van der Waals surface area contributed by atoms with Crippen LogP contribution < -0.4 is 0 Å². The van der Waals surface area contributed by atoms with Gasteiger partial charge in [0, 0.05) is 5.92 Å². The first-order valence-electron chi connectivity index (χ1n) is 11.4. The number of aryl methyl sites for hydroxylation is 1. The number of hydrogen-bond acceptors (Lipinski definition) is 0. The Labute approximate surface area is 192 Å². The van der Waals surface area contributed by atoms with Crippen molar-refractivity contribution < 1.29 is 0 Å². The molecule has 0 radical (unpaired) electrons. The zero-order valence-corrected chi connectivity index (χ0v) is 18.5. The van der Waals surface area contributed by atoms with Crippen LogP contribution in [0.25, 0.3) is 5.57 Å². The molecule has 0 heterocycles. The molecule has 4 aromatic rings. The van der Waals surface area contributed by atoms with Crippen molar-refractivity contribution in [2.45, 2.75) is 25.2 Å². The molecule has 4 rings (SSSR count). The third kappa shape index (κ3) is 6.18. The zero-order chi connectivity index (χ0) is 21.8. The van der Waals surface area contributed by atoms with Crippen LogP contribution >= 0.6 is 0 Å². The highest BCUT2D eigenvalue weighted by molar-refractivity contribution is 5.73. The van der Waals surface area contributed by atoms with E-state index in [1.807, 2.05) is 0 Å². The maximum Gasteiger partial charge on any atom is 0.0272 e. The molecule has 158 valence electrons. The summed E-state index contributed by atoms with van der Waals surface area (Å²) in [5.74, 6) is 0.220. The van der Waals surface area contributed by atoms with Crippen molar-refractivity contribution in [1.29, 1.82) is 0 Å². The third-order valence-corrected chi connectivity index (χ3v) is 5.77. The molecule has 0 aliphatic rings. The van der Waals surface area contributed by atoms with E-state index < -0.39 is 0 Å². The summed E-state index contributed by atoms with van der Waals surface area (Å²) in [6, 6.07) is 43.1. The molecular weight excluding hydrogens is 384 g/mol. The van der Waals surface area contributed by atoms with Gasteiger partial charge in [-0.2, -0.15) is 0 Å². The molecule has 0 aliphatic carbocycles. The molecule has 0 aromatic heterocycles. The molecular formula is C32H30. The average molecular weight is 415 g/mol. The fraction of sp³-hybridized carbons (Fsp3) is 0.125. The maximum absolute atomic E-state index is 2.44. The van der Waals surface area contributed by atoms with E-state index in [0.29, 0.717) is 0 Å². The van der Waals surface area contributed by atoms with Crippen LogP contribution in [0.15, 0.2) is 140 Å². The van der Waals surface area contributed by atoms with E-state index in [1.165, 1.54) is 27.8 Å². The van der Waals surface area contributed by atoms with Crippen molar-refractivity contribution in [2.75, 3.05) is 0 Å². The van der Waals surface area contributed by atoms with Gasteiger partial charge in [-0.3, -0.25) is 0 Å². The molecule has 0 bridgehead atoms. The van der Waals surface area contributed by atoms with Gasteiger partial charge >= 0.3 is 0 Å². The van der Waals surface area contributed by atoms with Crippen molar-refractivity contribution in [3.63, 3.8) is 0 Å². The van der Waals surface area contributed by atoms with E-state index in [9.17, 15) is 0 Å². The standard InChI is InChI=1S/C32H30/c1-5-15-27(16-6-1)19-13-25-31(29-21-9-3-10-22-29)32(30-23-11-4-12-24-30)26-14-20-28-17-7-2-8-18-28/h1-13,15-18,21-26,31H,14,19-20H2. The first-order valence-corrected chi connectivity index (χ1v) is 11.4. The minimum Gasteiger partial charge on any atom is -0.0832 e. The quantitative estimate of drug-likeness (QED) is 0.242. The Balaban J connectivity index is 1.65. The fourth-order valence-corrected chi connectivity index (χ4v) is 4.10. The molecule has 1 unspecified atom stereocenters. The monoisotopic (exact) mass is 414 g/mol. The van der Waals surface area contributed by atoms with Gasteiger partial charge in [-0.1, -0.05) is 140 Å². The van der Waals surface area contributed by atoms with Crippen LogP contribution in [0.1, 0.15) is 34.6 Å². The van der Waals surface area contributed by atoms with Crippen LogP contribution in [0.3, 0.4) is 0 Å². The molecule has 0 spiro atoms. The van der Waals surface area contributed by atoms with Gasteiger partial charge in [0.2, 0.25) is 0 Å². The van der Waals surface area contributed by atoms with Crippen molar-refractivity contribution >= 4 is 5.57 Å². The predicted molar refractivity (Wildman–Crippen MR) is 138 cm³/mol. The number of hydrogen-bond donors (Lipinski definition) is 0. The minimum absolute atomic E-state index is 0.220. The highest BCUT2D eigenvalue weighted by Crippen LogP contribution is 2.34. The molecule has 0 aliphatic heterocycles. The summed E-state index contributed by atoms with van der Waals surface area (Å²) in [7, 11) is 0. The zero-order valence-electron chi connectivity index (χ0n) is 18.5. The van der Waals surface area contributed by atoms with Gasteiger partial charge < -0.3 is 0 Å². The Morgan fingerprint density at radius 3 is 1.75 bits per heavy atom. The fourth-order valence-electron chi connectivity index (χ4n) is 4.10. The molecule has 0 N–H and O–H groups in total. The lowest BCUT2D eigenvalue weighted by atomic mass is 9.85. The van der Waals surface area contributed by atoms with Crippen molar-refractivity contribution in [2.24, 2.45) is 0 Å². The topological polar surface area (TPSA) is 0 Å². The smallest absolute Gasteiger partial charge is 0.0272 e. The molecule has 0 amide bonds. The Morgan fingerprint density at radius 1 is 0.594 bits per heavy atom.